The van der Waals surface area contributed by atoms with Gasteiger partial charge in [0.1, 0.15) is 0 Å². The fourth-order valence-corrected chi connectivity index (χ4v) is 0.0617. The summed E-state index contributed by atoms with van der Waals surface area (Å²) in [6.45, 7) is -0.542. The molecule has 0 aromatic heterocycles. The summed E-state index contributed by atoms with van der Waals surface area (Å²) in [6, 6.07) is 0. The molecular formula is C2H4NO3. The molecule has 0 aliphatic heterocycles. The topological polar surface area (TPSA) is 70.3 Å². The van der Waals surface area contributed by atoms with Gasteiger partial charge in [-0.1, -0.05) is 0 Å². The van der Waals surface area contributed by atoms with Crippen molar-refractivity contribution in [2.45, 2.75) is 0 Å². The van der Waals surface area contributed by atoms with Crippen molar-refractivity contribution in [3.8, 4) is 0 Å². The predicted octanol–water partition coefficient (Wildman–Crippen LogP) is -0.715. The number of hydrogen-bond donors (Lipinski definition) is 1. The van der Waals surface area contributed by atoms with Gasteiger partial charge in [0.05, 0.1) is 0 Å². The van der Waals surface area contributed by atoms with Crippen LogP contribution in [0.4, 0.5) is 0 Å². The maximum absolute atomic E-state index is 9.35. The van der Waals surface area contributed by atoms with Crippen molar-refractivity contribution in [3.63, 3.8) is 0 Å². The van der Waals surface area contributed by atoms with Crippen LogP contribution in [0.1, 0.15) is 0 Å². The Morgan fingerprint density at radius 3 is 2.50 bits per heavy atom. The highest BCUT2D eigenvalue weighted by Gasteiger charge is 1.89. The Balaban J connectivity index is 2.83. The van der Waals surface area contributed by atoms with Crippen molar-refractivity contribution in [1.29, 1.82) is 0 Å². The molecule has 1 radical (unpaired) electrons. The van der Waals surface area contributed by atoms with Gasteiger partial charge in [0.15, 0.2) is 6.61 Å². The lowest BCUT2D eigenvalue weighted by Gasteiger charge is -1.81. The quantitative estimate of drug-likeness (QED) is 0.455. The van der Waals surface area contributed by atoms with Crippen LogP contribution in [-0.4, -0.2) is 17.7 Å². The van der Waals surface area contributed by atoms with Gasteiger partial charge < -0.3 is 5.11 Å². The average Bonchev–Trinajstić information content (AvgIpc) is 1.35. The molecule has 0 fully saturated rings. The van der Waals surface area contributed by atoms with E-state index in [0.717, 1.165) is 0 Å². The molecule has 0 atom stereocenters. The average molecular weight is 90.1 g/mol. The van der Waals surface area contributed by atoms with Gasteiger partial charge in [-0.15, -0.1) is 5.90 Å². The summed E-state index contributed by atoms with van der Waals surface area (Å²) in [5.74, 6) is 4.73. The molecule has 0 spiro atoms. The van der Waals surface area contributed by atoms with E-state index in [0.29, 0.717) is 0 Å². The second-order valence-electron chi connectivity index (χ2n) is 0.682. The Morgan fingerprint density at radius 2 is 2.50 bits per heavy atom. The van der Waals surface area contributed by atoms with Crippen molar-refractivity contribution in [2.75, 3.05) is 6.61 Å². The molecule has 0 bridgehead atoms. The molecule has 4 nitrogen and oxygen atoms in total. The van der Waals surface area contributed by atoms with Crippen LogP contribution in [0.5, 0.6) is 0 Å². The van der Waals surface area contributed by atoms with E-state index in [1.165, 1.54) is 0 Å². The van der Waals surface area contributed by atoms with Gasteiger partial charge in [-0.3, -0.25) is 4.84 Å². The van der Waals surface area contributed by atoms with Crippen LogP contribution in [0.15, 0.2) is 0 Å². The third-order valence-corrected chi connectivity index (χ3v) is 0.196. The Bertz CT molecular complexity index is 52.8. The second-order valence-corrected chi connectivity index (χ2v) is 0.682. The first-order chi connectivity index (χ1) is 2.77. The number of nitrogens with one attached hydrogen (secondary N) is 1. The van der Waals surface area contributed by atoms with Crippen molar-refractivity contribution in [1.82, 2.24) is 5.90 Å². The van der Waals surface area contributed by atoms with Gasteiger partial charge in [0, 0.05) is 0 Å². The third-order valence-electron chi connectivity index (χ3n) is 0.196. The molecule has 4 heteroatoms. The van der Waals surface area contributed by atoms with E-state index in [4.69, 9.17) is 11.0 Å². The van der Waals surface area contributed by atoms with Gasteiger partial charge >= 0.3 is 5.97 Å². The maximum Gasteiger partial charge on any atom is 0.331 e. The monoisotopic (exact) mass is 90.0 g/mol. The molecule has 2 N–H and O–H groups in total. The smallest absolute Gasteiger partial charge is 0.331 e. The van der Waals surface area contributed by atoms with E-state index in [1.54, 1.807) is 0 Å². The van der Waals surface area contributed by atoms with Crippen LogP contribution in [0.2, 0.25) is 0 Å². The third kappa shape index (κ3) is 3.39. The van der Waals surface area contributed by atoms with Gasteiger partial charge in [0.25, 0.3) is 0 Å². The zero-order valence-corrected chi connectivity index (χ0v) is 2.97. The molecule has 0 aliphatic rings. The zero-order valence-electron chi connectivity index (χ0n) is 2.97. The SMILES string of the molecule is [NH]OCC(=O)O. The van der Waals surface area contributed by atoms with Gasteiger partial charge in [-0.2, -0.15) is 0 Å². The molecule has 6 heavy (non-hydrogen) atoms. The highest BCUT2D eigenvalue weighted by Crippen LogP contribution is 1.60. The van der Waals surface area contributed by atoms with Crippen LogP contribution in [0.25, 0.3) is 0 Å². The van der Waals surface area contributed by atoms with Crippen LogP contribution >= 0.6 is 0 Å². The zero-order chi connectivity index (χ0) is 4.99. The Kier molecular flexibility index (Phi) is 2.35. The first-order valence-electron chi connectivity index (χ1n) is 1.27. The molecule has 0 rings (SSSR count). The van der Waals surface area contributed by atoms with Crippen LogP contribution in [0.3, 0.4) is 0 Å². The summed E-state index contributed by atoms with van der Waals surface area (Å²) in [6.07, 6.45) is 0. The molecule has 0 aromatic carbocycles. The Morgan fingerprint density at radius 1 is 2.00 bits per heavy atom. The molecular weight excluding hydrogens is 86.0 g/mol. The normalized spacial score (nSPS) is 8.17. The van der Waals surface area contributed by atoms with Crippen molar-refractivity contribution < 1.29 is 14.7 Å². The van der Waals surface area contributed by atoms with Crippen LogP contribution in [0, 0.1) is 0 Å². The predicted molar refractivity (Wildman–Crippen MR) is 16.7 cm³/mol. The summed E-state index contributed by atoms with van der Waals surface area (Å²) in [4.78, 5) is 12.8. The van der Waals surface area contributed by atoms with E-state index >= 15 is 0 Å². The standard InChI is InChI=1S/C2H4NO3/c3-6-1-2(4)5/h3H,1H2,(H,4,5). The Labute approximate surface area is 34.5 Å². The molecule has 0 amide bonds. The molecule has 0 saturated heterocycles. The molecule has 0 heterocycles. The van der Waals surface area contributed by atoms with Gasteiger partial charge in [-0.05, 0) is 0 Å². The minimum absolute atomic E-state index is 0.542. The van der Waals surface area contributed by atoms with Gasteiger partial charge in [-0.25, -0.2) is 4.79 Å². The molecule has 0 aliphatic carbocycles. The fraction of sp³-hybridized carbons (Fsp3) is 0.500. The van der Waals surface area contributed by atoms with Crippen LogP contribution < -0.4 is 5.90 Å². The van der Waals surface area contributed by atoms with Crippen LogP contribution in [-0.2, 0) is 9.63 Å². The molecule has 35 valence electrons. The first-order valence-corrected chi connectivity index (χ1v) is 1.27. The lowest BCUT2D eigenvalue weighted by molar-refractivity contribution is -0.142. The minimum atomic E-state index is -1.12. The van der Waals surface area contributed by atoms with E-state index < -0.39 is 12.6 Å². The number of hydrogen-bond acceptors (Lipinski definition) is 2. The summed E-state index contributed by atoms with van der Waals surface area (Å²) in [7, 11) is 0. The Hall–Kier alpha value is -0.610. The first kappa shape index (κ1) is 5.39. The largest absolute Gasteiger partial charge is 0.479 e. The number of carboxylic acid groups (broad SMARTS) is 1. The molecule has 0 aromatic rings. The minimum Gasteiger partial charge on any atom is -0.479 e. The number of aliphatic carboxylic acids is 1. The highest BCUT2D eigenvalue weighted by molar-refractivity contribution is 5.67. The summed E-state index contributed by atoms with van der Waals surface area (Å²) < 4.78 is 0. The lowest BCUT2D eigenvalue weighted by Crippen LogP contribution is -2.04. The fourth-order valence-electron chi connectivity index (χ4n) is 0.0617. The number of carbonyl (C=O) groups is 1. The second kappa shape index (κ2) is 2.62. The van der Waals surface area contributed by atoms with E-state index in [-0.39, 0.29) is 0 Å². The number of rotatable bonds is 2. The summed E-state index contributed by atoms with van der Waals surface area (Å²) in [5, 5.41) is 7.67. The van der Waals surface area contributed by atoms with E-state index in [1.807, 2.05) is 0 Å². The van der Waals surface area contributed by atoms with Gasteiger partial charge in [0.2, 0.25) is 0 Å². The van der Waals surface area contributed by atoms with Crippen molar-refractivity contribution in [2.24, 2.45) is 0 Å². The lowest BCUT2D eigenvalue weighted by atomic mass is 10.8. The van der Waals surface area contributed by atoms with E-state index in [2.05, 4.69) is 4.84 Å². The van der Waals surface area contributed by atoms with E-state index in [9.17, 15) is 4.79 Å². The molecule has 0 unspecified atom stereocenters. The van der Waals surface area contributed by atoms with Crippen molar-refractivity contribution >= 4 is 5.97 Å². The number of carboxylic acids is 1. The summed E-state index contributed by atoms with van der Waals surface area (Å²) in [5.41, 5.74) is 0. The van der Waals surface area contributed by atoms with Crippen molar-refractivity contribution in [3.05, 3.63) is 0 Å². The summed E-state index contributed by atoms with van der Waals surface area (Å²) >= 11 is 0. The molecule has 0 saturated carbocycles. The maximum atomic E-state index is 9.35. The highest BCUT2D eigenvalue weighted by atomic mass is 16.6.